The van der Waals surface area contributed by atoms with Crippen LogP contribution in [0.3, 0.4) is 0 Å². The van der Waals surface area contributed by atoms with Gasteiger partial charge in [-0.15, -0.1) is 0 Å². The van der Waals surface area contributed by atoms with Crippen molar-refractivity contribution >= 4 is 11.4 Å². The molecule has 4 fully saturated rings. The highest BCUT2D eigenvalue weighted by atomic mass is 15.1. The molecule has 0 amide bonds. The predicted octanol–water partition coefficient (Wildman–Crippen LogP) is 7.36. The molecule has 2 aromatic carbocycles. The summed E-state index contributed by atoms with van der Waals surface area (Å²) in [5.41, 5.74) is 21.9. The lowest BCUT2D eigenvalue weighted by Crippen LogP contribution is -2.55. The second-order valence-electron chi connectivity index (χ2n) is 8.99. The summed E-state index contributed by atoms with van der Waals surface area (Å²) in [6.07, 6.45) is 7.60. The maximum atomic E-state index is 8.66. The molecule has 0 aromatic heterocycles. The van der Waals surface area contributed by atoms with Gasteiger partial charge >= 0.3 is 0 Å². The Balaban J connectivity index is 1.53. The molecule has 2 aromatic rings. The highest BCUT2D eigenvalue weighted by molar-refractivity contribution is 5.46. The van der Waals surface area contributed by atoms with E-state index in [4.69, 9.17) is 11.1 Å². The average Bonchev–Trinajstić information content (AvgIpc) is 2.68. The summed E-state index contributed by atoms with van der Waals surface area (Å²) in [7, 11) is 0. The molecule has 4 saturated carbocycles. The molecule has 6 rings (SSSR count). The van der Waals surface area contributed by atoms with Crippen LogP contribution in [0.25, 0.3) is 20.9 Å². The van der Waals surface area contributed by atoms with Gasteiger partial charge in [-0.2, -0.15) is 0 Å². The van der Waals surface area contributed by atoms with Crippen molar-refractivity contribution in [2.75, 3.05) is 0 Å². The van der Waals surface area contributed by atoms with E-state index in [-0.39, 0.29) is 10.8 Å². The molecule has 0 heterocycles. The molecule has 0 aliphatic heterocycles. The van der Waals surface area contributed by atoms with Crippen molar-refractivity contribution in [1.29, 1.82) is 0 Å². The van der Waals surface area contributed by atoms with Gasteiger partial charge in [-0.05, 0) is 83.4 Å². The molecule has 140 valence electrons. The minimum atomic E-state index is 0.225. The summed E-state index contributed by atoms with van der Waals surface area (Å²) in [5.74, 6) is 1.55. The largest absolute Gasteiger partial charge is 0.0608 e. The number of hydrogen-bond donors (Lipinski definition) is 0. The molecule has 0 atom stereocenters. The average molecular weight is 370 g/mol. The zero-order valence-electron chi connectivity index (χ0n) is 15.7. The maximum Gasteiger partial charge on any atom is 0.0375 e. The van der Waals surface area contributed by atoms with E-state index in [2.05, 4.69) is 44.3 Å². The van der Waals surface area contributed by atoms with Gasteiger partial charge < -0.3 is 0 Å². The van der Waals surface area contributed by atoms with Crippen molar-refractivity contribution < 1.29 is 0 Å². The van der Waals surface area contributed by atoms with Crippen LogP contribution in [0.4, 0.5) is 11.4 Å². The zero-order valence-corrected chi connectivity index (χ0v) is 15.7. The molecule has 4 aliphatic rings. The van der Waals surface area contributed by atoms with E-state index < -0.39 is 0 Å². The van der Waals surface area contributed by atoms with Crippen LogP contribution in [0.5, 0.6) is 0 Å². The summed E-state index contributed by atoms with van der Waals surface area (Å²) in [6, 6.07) is 16.5. The van der Waals surface area contributed by atoms with E-state index in [1.165, 1.54) is 49.7 Å². The monoisotopic (exact) mass is 370 g/mol. The van der Waals surface area contributed by atoms with E-state index in [1.54, 1.807) is 0 Å². The minimum Gasteiger partial charge on any atom is -0.0608 e. The van der Waals surface area contributed by atoms with Crippen LogP contribution in [0.1, 0.15) is 49.7 Å². The van der Waals surface area contributed by atoms with E-state index in [9.17, 15) is 0 Å². The second-order valence-corrected chi connectivity index (χ2v) is 8.99. The van der Waals surface area contributed by atoms with Gasteiger partial charge in [-0.1, -0.05) is 58.8 Å². The maximum absolute atomic E-state index is 8.66. The number of rotatable bonds is 4. The van der Waals surface area contributed by atoms with Crippen LogP contribution in [-0.2, 0) is 10.8 Å². The molecule has 0 spiro atoms. The lowest BCUT2D eigenvalue weighted by molar-refractivity contribution is -0.0281. The Morgan fingerprint density at radius 1 is 0.679 bits per heavy atom. The van der Waals surface area contributed by atoms with Crippen molar-refractivity contribution in [3.63, 3.8) is 0 Å². The summed E-state index contributed by atoms with van der Waals surface area (Å²) >= 11 is 0. The van der Waals surface area contributed by atoms with Crippen molar-refractivity contribution in [2.24, 2.45) is 22.1 Å². The molecule has 6 nitrogen and oxygen atoms in total. The number of hydrogen-bond acceptors (Lipinski definition) is 2. The Kier molecular flexibility index (Phi) is 3.87. The Hall–Kier alpha value is -2.94. The highest BCUT2D eigenvalue weighted by Crippen LogP contribution is 2.66. The van der Waals surface area contributed by atoms with Gasteiger partial charge in [0, 0.05) is 21.2 Å². The Morgan fingerprint density at radius 3 is 1.43 bits per heavy atom. The Morgan fingerprint density at radius 2 is 1.07 bits per heavy atom. The van der Waals surface area contributed by atoms with Gasteiger partial charge in [-0.25, -0.2) is 0 Å². The summed E-state index contributed by atoms with van der Waals surface area (Å²) in [4.78, 5) is 5.79. The fourth-order valence-electron chi connectivity index (χ4n) is 6.80. The molecule has 4 bridgehead atoms. The standard InChI is InChI=1S/C22H22N6/c23-27-25-19-5-1-17(2-6-19)21-10-15-9-16(11-21)13-22(12-15,14-21)18-3-7-20(8-4-18)26-28-24/h1-8,15-16H,9-14H2. The number of nitrogens with zero attached hydrogens (tertiary/aromatic N) is 6. The van der Waals surface area contributed by atoms with Gasteiger partial charge in [0.05, 0.1) is 0 Å². The third-order valence-electron chi connectivity index (χ3n) is 7.34. The second kappa shape index (κ2) is 6.30. The quantitative estimate of drug-likeness (QED) is 0.305. The molecule has 0 saturated heterocycles. The SMILES string of the molecule is [N-]=[N+]=Nc1ccc(C23CC4CC(C2)CC(c2ccc(N=[N+]=[N-])cc2)(C4)C3)cc1. The normalized spacial score (nSPS) is 32.4. The van der Waals surface area contributed by atoms with Crippen LogP contribution in [0.15, 0.2) is 58.8 Å². The molecule has 0 N–H and O–H groups in total. The molecular weight excluding hydrogens is 348 g/mol. The van der Waals surface area contributed by atoms with Gasteiger partial charge in [0.1, 0.15) is 0 Å². The van der Waals surface area contributed by atoms with Crippen molar-refractivity contribution in [1.82, 2.24) is 0 Å². The van der Waals surface area contributed by atoms with Crippen LogP contribution < -0.4 is 0 Å². The van der Waals surface area contributed by atoms with Crippen LogP contribution >= 0.6 is 0 Å². The smallest absolute Gasteiger partial charge is 0.0375 e. The third-order valence-corrected chi connectivity index (χ3v) is 7.34. The van der Waals surface area contributed by atoms with Gasteiger partial charge in [-0.3, -0.25) is 0 Å². The summed E-state index contributed by atoms with van der Waals surface area (Å²) in [5, 5.41) is 7.45. The summed E-state index contributed by atoms with van der Waals surface area (Å²) < 4.78 is 0. The predicted molar refractivity (Wildman–Crippen MR) is 109 cm³/mol. The number of azide groups is 2. The lowest BCUT2D eigenvalue weighted by atomic mass is 9.42. The Labute approximate surface area is 163 Å². The van der Waals surface area contributed by atoms with Gasteiger partial charge in [0.2, 0.25) is 0 Å². The molecule has 0 unspecified atom stereocenters. The minimum absolute atomic E-state index is 0.225. The fraction of sp³-hybridized carbons (Fsp3) is 0.455. The van der Waals surface area contributed by atoms with Crippen LogP contribution in [-0.4, -0.2) is 0 Å². The van der Waals surface area contributed by atoms with Gasteiger partial charge in [0.25, 0.3) is 0 Å². The van der Waals surface area contributed by atoms with Crippen LogP contribution in [0, 0.1) is 11.8 Å². The highest BCUT2D eigenvalue weighted by Gasteiger charge is 2.58. The zero-order chi connectivity index (χ0) is 19.2. The van der Waals surface area contributed by atoms with E-state index in [1.807, 2.05) is 24.3 Å². The Bertz CT molecular complexity index is 903. The lowest BCUT2D eigenvalue weighted by Gasteiger charge is -2.63. The molecule has 4 aliphatic carbocycles. The fourth-order valence-corrected chi connectivity index (χ4v) is 6.80. The molecular formula is C22H22N6. The molecule has 0 radical (unpaired) electrons. The summed E-state index contributed by atoms with van der Waals surface area (Å²) in [6.45, 7) is 0. The van der Waals surface area contributed by atoms with Crippen molar-refractivity contribution in [2.45, 2.75) is 49.4 Å². The molecule has 28 heavy (non-hydrogen) atoms. The van der Waals surface area contributed by atoms with Gasteiger partial charge in [0.15, 0.2) is 0 Å². The third kappa shape index (κ3) is 2.65. The first kappa shape index (κ1) is 17.2. The first-order valence-corrected chi connectivity index (χ1v) is 9.96. The van der Waals surface area contributed by atoms with E-state index in [0.29, 0.717) is 11.4 Å². The first-order valence-electron chi connectivity index (χ1n) is 9.96. The first-order chi connectivity index (χ1) is 13.6. The van der Waals surface area contributed by atoms with E-state index in [0.717, 1.165) is 11.8 Å². The topological polar surface area (TPSA) is 97.5 Å². The van der Waals surface area contributed by atoms with Crippen molar-refractivity contribution in [3.8, 4) is 0 Å². The molecule has 6 heteroatoms. The van der Waals surface area contributed by atoms with E-state index >= 15 is 0 Å². The van der Waals surface area contributed by atoms with Crippen molar-refractivity contribution in [3.05, 3.63) is 80.5 Å². The van der Waals surface area contributed by atoms with Crippen LogP contribution in [0.2, 0.25) is 0 Å². The number of benzene rings is 2.